The first-order valence-corrected chi connectivity index (χ1v) is 8.24. The standard InChI is InChI=1S/C16H17FN2OS/c17-13-7-11(20)5-6-12(13)16-19-15(9-1-2-9)14(21-16)8-18-10-3-4-10/h5-7,9-10,18,20H,1-4,8H2. The monoisotopic (exact) mass is 304 g/mol. The average molecular weight is 304 g/mol. The van der Waals surface area contributed by atoms with Crippen LogP contribution in [0.15, 0.2) is 18.2 Å². The highest BCUT2D eigenvalue weighted by Gasteiger charge is 2.31. The first kappa shape index (κ1) is 13.2. The van der Waals surface area contributed by atoms with Crippen molar-refractivity contribution < 1.29 is 9.50 Å². The SMILES string of the molecule is Oc1ccc(-c2nc(C3CC3)c(CNC3CC3)s2)c(F)c1. The van der Waals surface area contributed by atoms with Crippen LogP contribution >= 0.6 is 11.3 Å². The number of aromatic nitrogens is 1. The summed E-state index contributed by atoms with van der Waals surface area (Å²) in [5.74, 6) is 0.102. The fourth-order valence-corrected chi connectivity index (χ4v) is 3.61. The summed E-state index contributed by atoms with van der Waals surface area (Å²) in [4.78, 5) is 5.93. The molecule has 0 atom stereocenters. The summed E-state index contributed by atoms with van der Waals surface area (Å²) in [6, 6.07) is 4.93. The lowest BCUT2D eigenvalue weighted by atomic mass is 10.2. The molecule has 0 unspecified atom stereocenters. The Bertz CT molecular complexity index is 677. The van der Waals surface area contributed by atoms with Crippen LogP contribution < -0.4 is 5.32 Å². The predicted octanol–water partition coefficient (Wildman–Crippen LogP) is 3.78. The van der Waals surface area contributed by atoms with Crippen LogP contribution in [0.5, 0.6) is 5.75 Å². The first-order chi connectivity index (χ1) is 10.2. The third kappa shape index (κ3) is 2.80. The van der Waals surface area contributed by atoms with Crippen LogP contribution in [0.3, 0.4) is 0 Å². The zero-order valence-corrected chi connectivity index (χ0v) is 12.4. The van der Waals surface area contributed by atoms with Crippen molar-refractivity contribution in [2.45, 2.75) is 44.2 Å². The third-order valence-electron chi connectivity index (χ3n) is 4.00. The van der Waals surface area contributed by atoms with Gasteiger partial charge < -0.3 is 10.4 Å². The van der Waals surface area contributed by atoms with Crippen LogP contribution in [0.2, 0.25) is 0 Å². The van der Waals surface area contributed by atoms with E-state index in [0.717, 1.165) is 23.3 Å². The summed E-state index contributed by atoms with van der Waals surface area (Å²) in [6.07, 6.45) is 4.91. The van der Waals surface area contributed by atoms with E-state index in [9.17, 15) is 9.50 Å². The number of phenols is 1. The lowest BCUT2D eigenvalue weighted by Crippen LogP contribution is -2.15. The Morgan fingerprint density at radius 1 is 1.29 bits per heavy atom. The fraction of sp³-hybridized carbons (Fsp3) is 0.438. The normalized spacial score (nSPS) is 18.1. The van der Waals surface area contributed by atoms with Gasteiger partial charge in [0.1, 0.15) is 16.6 Å². The molecule has 0 saturated heterocycles. The average Bonchev–Trinajstić information content (AvgIpc) is 3.36. The molecule has 5 heteroatoms. The molecule has 1 aromatic carbocycles. The minimum atomic E-state index is -0.409. The van der Waals surface area contributed by atoms with Gasteiger partial charge >= 0.3 is 0 Å². The molecule has 110 valence electrons. The van der Waals surface area contributed by atoms with E-state index in [1.54, 1.807) is 17.4 Å². The maximum Gasteiger partial charge on any atom is 0.137 e. The van der Waals surface area contributed by atoms with Crippen LogP contribution in [0.25, 0.3) is 10.6 Å². The Kier molecular flexibility index (Phi) is 3.19. The molecule has 2 aliphatic rings. The number of halogens is 1. The quantitative estimate of drug-likeness (QED) is 0.883. The topological polar surface area (TPSA) is 45.2 Å². The zero-order chi connectivity index (χ0) is 14.4. The lowest BCUT2D eigenvalue weighted by molar-refractivity contribution is 0.469. The Hall–Kier alpha value is -1.46. The molecular weight excluding hydrogens is 287 g/mol. The second-order valence-corrected chi connectivity index (χ2v) is 7.00. The van der Waals surface area contributed by atoms with Gasteiger partial charge in [0.15, 0.2) is 0 Å². The fourth-order valence-electron chi connectivity index (χ4n) is 2.48. The maximum atomic E-state index is 14.0. The van der Waals surface area contributed by atoms with Gasteiger partial charge in [-0.15, -0.1) is 11.3 Å². The van der Waals surface area contributed by atoms with Gasteiger partial charge in [-0.1, -0.05) is 0 Å². The summed E-state index contributed by atoms with van der Waals surface area (Å²) >= 11 is 1.58. The van der Waals surface area contributed by atoms with Crippen molar-refractivity contribution in [3.8, 4) is 16.3 Å². The second-order valence-electron chi connectivity index (χ2n) is 5.92. The molecule has 0 radical (unpaired) electrons. The van der Waals surface area contributed by atoms with E-state index in [0.29, 0.717) is 17.5 Å². The summed E-state index contributed by atoms with van der Waals surface area (Å²) in [5, 5.41) is 13.6. The highest BCUT2D eigenvalue weighted by atomic mass is 32.1. The molecule has 0 bridgehead atoms. The molecule has 2 saturated carbocycles. The van der Waals surface area contributed by atoms with Gasteiger partial charge in [-0.3, -0.25) is 0 Å². The van der Waals surface area contributed by atoms with Crippen molar-refractivity contribution in [1.82, 2.24) is 10.3 Å². The molecular formula is C16H17FN2OS. The number of nitrogens with one attached hydrogen (secondary N) is 1. The van der Waals surface area contributed by atoms with Crippen molar-refractivity contribution in [2.24, 2.45) is 0 Å². The van der Waals surface area contributed by atoms with Gasteiger partial charge in [-0.25, -0.2) is 9.37 Å². The number of rotatable bonds is 5. The van der Waals surface area contributed by atoms with E-state index < -0.39 is 5.82 Å². The number of benzene rings is 1. The van der Waals surface area contributed by atoms with Gasteiger partial charge in [0.05, 0.1) is 5.69 Å². The number of thiazole rings is 1. The Morgan fingerprint density at radius 2 is 2.10 bits per heavy atom. The first-order valence-electron chi connectivity index (χ1n) is 7.42. The van der Waals surface area contributed by atoms with Gasteiger partial charge in [0.25, 0.3) is 0 Å². The summed E-state index contributed by atoms with van der Waals surface area (Å²) < 4.78 is 14.0. The van der Waals surface area contributed by atoms with E-state index >= 15 is 0 Å². The van der Waals surface area contributed by atoms with Crippen LogP contribution in [0.1, 0.15) is 42.2 Å². The Morgan fingerprint density at radius 3 is 2.76 bits per heavy atom. The minimum Gasteiger partial charge on any atom is -0.508 e. The number of hydrogen-bond acceptors (Lipinski definition) is 4. The lowest BCUT2D eigenvalue weighted by Gasteiger charge is -2.01. The molecule has 3 nitrogen and oxygen atoms in total. The van der Waals surface area contributed by atoms with Crippen molar-refractivity contribution >= 4 is 11.3 Å². The predicted molar refractivity (Wildman–Crippen MR) is 81.0 cm³/mol. The van der Waals surface area contributed by atoms with Gasteiger partial charge in [0.2, 0.25) is 0 Å². The van der Waals surface area contributed by atoms with Crippen molar-refractivity contribution in [2.75, 3.05) is 0 Å². The Labute approximate surface area is 126 Å². The van der Waals surface area contributed by atoms with Crippen LogP contribution in [0.4, 0.5) is 4.39 Å². The maximum absolute atomic E-state index is 14.0. The smallest absolute Gasteiger partial charge is 0.137 e. The summed E-state index contributed by atoms with van der Waals surface area (Å²) in [6.45, 7) is 0.841. The molecule has 2 fully saturated rings. The minimum absolute atomic E-state index is 0.0501. The molecule has 1 aromatic heterocycles. The summed E-state index contributed by atoms with van der Waals surface area (Å²) in [7, 11) is 0. The number of nitrogens with zero attached hydrogens (tertiary/aromatic N) is 1. The highest BCUT2D eigenvalue weighted by molar-refractivity contribution is 7.15. The third-order valence-corrected chi connectivity index (χ3v) is 5.11. The van der Waals surface area contributed by atoms with Gasteiger partial charge in [0, 0.05) is 35.0 Å². The van der Waals surface area contributed by atoms with E-state index in [-0.39, 0.29) is 5.75 Å². The van der Waals surface area contributed by atoms with Crippen LogP contribution in [0, 0.1) is 5.82 Å². The van der Waals surface area contributed by atoms with Gasteiger partial charge in [-0.2, -0.15) is 0 Å². The molecule has 21 heavy (non-hydrogen) atoms. The second kappa shape index (κ2) is 5.07. The van der Waals surface area contributed by atoms with Gasteiger partial charge in [-0.05, 0) is 37.8 Å². The molecule has 1 heterocycles. The van der Waals surface area contributed by atoms with Crippen molar-refractivity contribution in [3.63, 3.8) is 0 Å². The number of aromatic hydroxyl groups is 1. The molecule has 2 aliphatic carbocycles. The number of hydrogen-bond donors (Lipinski definition) is 2. The van der Waals surface area contributed by atoms with Crippen molar-refractivity contribution in [1.29, 1.82) is 0 Å². The molecule has 2 aromatic rings. The largest absolute Gasteiger partial charge is 0.508 e. The van der Waals surface area contributed by atoms with Crippen LogP contribution in [-0.4, -0.2) is 16.1 Å². The van der Waals surface area contributed by atoms with Crippen LogP contribution in [-0.2, 0) is 6.54 Å². The molecule has 0 amide bonds. The molecule has 2 N–H and O–H groups in total. The Balaban J connectivity index is 1.66. The highest BCUT2D eigenvalue weighted by Crippen LogP contribution is 2.44. The summed E-state index contributed by atoms with van der Waals surface area (Å²) in [5.41, 5.74) is 1.63. The number of phenolic OH excluding ortho intramolecular Hbond substituents is 1. The molecule has 0 spiro atoms. The van der Waals surface area contributed by atoms with E-state index in [1.165, 1.54) is 36.6 Å². The van der Waals surface area contributed by atoms with E-state index in [1.807, 2.05) is 0 Å². The molecule has 0 aliphatic heterocycles. The zero-order valence-electron chi connectivity index (χ0n) is 11.6. The molecule has 4 rings (SSSR count). The van der Waals surface area contributed by atoms with E-state index in [2.05, 4.69) is 10.3 Å². The van der Waals surface area contributed by atoms with E-state index in [4.69, 9.17) is 0 Å². The van der Waals surface area contributed by atoms with Crippen molar-refractivity contribution in [3.05, 3.63) is 34.6 Å².